The highest BCUT2D eigenvalue weighted by Crippen LogP contribution is 2.29. The highest BCUT2D eigenvalue weighted by Gasteiger charge is 2.06. The first-order valence-electron chi connectivity index (χ1n) is 9.44. The molecule has 0 atom stereocenters. The van der Waals surface area contributed by atoms with Crippen molar-refractivity contribution >= 4 is 33.8 Å². The number of nitrogens with zero attached hydrogens (tertiary/aromatic N) is 3. The van der Waals surface area contributed by atoms with Gasteiger partial charge in [0, 0.05) is 0 Å². The molecule has 0 amide bonds. The average molecular weight is 409 g/mol. The van der Waals surface area contributed by atoms with Crippen molar-refractivity contribution in [1.82, 2.24) is 0 Å². The summed E-state index contributed by atoms with van der Waals surface area (Å²) in [6, 6.07) is 20.8. The van der Waals surface area contributed by atoms with E-state index in [2.05, 4.69) is 22.1 Å². The third-order valence-corrected chi connectivity index (χ3v) is 4.78. The monoisotopic (exact) mass is 409 g/mol. The van der Waals surface area contributed by atoms with E-state index in [-0.39, 0.29) is 0 Å². The third-order valence-electron chi connectivity index (χ3n) is 4.78. The van der Waals surface area contributed by atoms with Crippen LogP contribution in [0.15, 0.2) is 107 Å². The number of nitroso groups, excluding NO2 is 3. The predicted octanol–water partition coefficient (Wildman–Crippen LogP) is 8.08. The summed E-state index contributed by atoms with van der Waals surface area (Å²) in [4.78, 5) is 32.1. The van der Waals surface area contributed by atoms with Crippen LogP contribution >= 0.6 is 0 Å². The molecule has 6 nitrogen and oxygen atoms in total. The van der Waals surface area contributed by atoms with Crippen molar-refractivity contribution in [1.29, 1.82) is 0 Å². The zero-order chi connectivity index (χ0) is 22.2. The molecule has 3 aromatic rings. The van der Waals surface area contributed by atoms with Gasteiger partial charge in [0.25, 0.3) is 0 Å². The van der Waals surface area contributed by atoms with Crippen molar-refractivity contribution in [2.24, 2.45) is 15.5 Å². The van der Waals surface area contributed by atoms with E-state index in [0.717, 1.165) is 33.4 Å². The molecule has 0 saturated heterocycles. The van der Waals surface area contributed by atoms with Gasteiger partial charge < -0.3 is 0 Å². The molecule has 0 unspecified atom stereocenters. The Kier molecular flexibility index (Phi) is 6.85. The van der Waals surface area contributed by atoms with Crippen molar-refractivity contribution in [2.45, 2.75) is 6.92 Å². The highest BCUT2D eigenvalue weighted by molar-refractivity contribution is 5.91. The molecule has 0 aliphatic heterocycles. The summed E-state index contributed by atoms with van der Waals surface area (Å²) in [7, 11) is 0. The molecule has 0 N–H and O–H groups in total. The van der Waals surface area contributed by atoms with Gasteiger partial charge in [-0.25, -0.2) is 0 Å². The number of hydrogen-bond donors (Lipinski definition) is 0. The van der Waals surface area contributed by atoms with Crippen LogP contribution in [0.2, 0.25) is 0 Å². The van der Waals surface area contributed by atoms with Crippen LogP contribution in [0.1, 0.15) is 23.6 Å². The lowest BCUT2D eigenvalue weighted by Crippen LogP contribution is -1.87. The Balaban J connectivity index is 2.02. The van der Waals surface area contributed by atoms with Crippen molar-refractivity contribution in [2.75, 3.05) is 0 Å². The molecule has 31 heavy (non-hydrogen) atoms. The lowest BCUT2D eigenvalue weighted by Gasteiger charge is -2.09. The Morgan fingerprint density at radius 1 is 0.613 bits per heavy atom. The zero-order valence-corrected chi connectivity index (χ0v) is 16.9. The molecule has 0 aliphatic rings. The number of allylic oxidation sites excluding steroid dienone is 5. The molecule has 152 valence electrons. The first-order valence-corrected chi connectivity index (χ1v) is 9.44. The second kappa shape index (κ2) is 9.93. The summed E-state index contributed by atoms with van der Waals surface area (Å²) in [5.74, 6) is 0. The van der Waals surface area contributed by atoms with Crippen LogP contribution in [0, 0.1) is 14.7 Å². The van der Waals surface area contributed by atoms with Gasteiger partial charge >= 0.3 is 0 Å². The normalized spacial score (nSPS) is 11.6. The molecular formula is C25H19N3O3. The zero-order valence-electron chi connectivity index (χ0n) is 16.9. The van der Waals surface area contributed by atoms with Crippen molar-refractivity contribution in [3.63, 3.8) is 0 Å². The maximum Gasteiger partial charge on any atom is 0.108 e. The van der Waals surface area contributed by atoms with Crippen LogP contribution in [0.3, 0.4) is 0 Å². The van der Waals surface area contributed by atoms with E-state index in [1.54, 1.807) is 48.5 Å². The first kappa shape index (κ1) is 21.4. The molecule has 0 spiro atoms. The fourth-order valence-corrected chi connectivity index (χ4v) is 3.03. The molecule has 0 aliphatic carbocycles. The minimum absolute atomic E-state index is 0.344. The molecule has 0 aromatic heterocycles. The van der Waals surface area contributed by atoms with Crippen molar-refractivity contribution in [3.8, 4) is 0 Å². The number of rotatable bonds is 8. The average Bonchev–Trinajstić information content (AvgIpc) is 2.83. The second-order valence-corrected chi connectivity index (χ2v) is 6.87. The van der Waals surface area contributed by atoms with Gasteiger partial charge in [-0.15, -0.1) is 14.7 Å². The molecular weight excluding hydrogens is 390 g/mol. The molecule has 0 radical (unpaired) electrons. The summed E-state index contributed by atoms with van der Waals surface area (Å²) in [6.45, 7) is 6.12. The summed E-state index contributed by atoms with van der Waals surface area (Å²) >= 11 is 0. The molecule has 0 heterocycles. The minimum Gasteiger partial charge on any atom is -0.145 e. The Morgan fingerprint density at radius 3 is 1.42 bits per heavy atom. The van der Waals surface area contributed by atoms with Gasteiger partial charge in [-0.3, -0.25) is 0 Å². The Bertz CT molecular complexity index is 1170. The van der Waals surface area contributed by atoms with Crippen LogP contribution in [0.25, 0.3) is 16.7 Å². The topological polar surface area (TPSA) is 88.3 Å². The molecule has 6 heteroatoms. The van der Waals surface area contributed by atoms with E-state index in [1.165, 1.54) is 0 Å². The smallest absolute Gasteiger partial charge is 0.108 e. The van der Waals surface area contributed by atoms with Crippen LogP contribution < -0.4 is 0 Å². The largest absolute Gasteiger partial charge is 0.145 e. The first-order chi connectivity index (χ1) is 15.0. The summed E-state index contributed by atoms with van der Waals surface area (Å²) < 4.78 is 0. The van der Waals surface area contributed by atoms with Gasteiger partial charge in [0.05, 0.1) is 0 Å². The Labute approximate surface area is 179 Å². The Hall–Kier alpha value is -4.32. The fraction of sp³-hybridized carbons (Fsp3) is 0.0400. The van der Waals surface area contributed by atoms with E-state index in [4.69, 9.17) is 0 Å². The minimum atomic E-state index is 0.344. The lowest BCUT2D eigenvalue weighted by molar-refractivity contribution is 1.47. The molecule has 0 fully saturated rings. The van der Waals surface area contributed by atoms with E-state index < -0.39 is 0 Å². The summed E-state index contributed by atoms with van der Waals surface area (Å²) in [5, 5.41) is 8.79. The SMILES string of the molecule is C=C(/C=C(\C=C(/C)c1ccc(N=O)cc1)c1ccc(N=O)cc1)c1ccc(N=O)cc1. The lowest BCUT2D eigenvalue weighted by atomic mass is 9.96. The summed E-state index contributed by atoms with van der Waals surface area (Å²) in [5.41, 5.74) is 6.31. The predicted molar refractivity (Wildman–Crippen MR) is 126 cm³/mol. The number of hydrogen-bond acceptors (Lipinski definition) is 6. The van der Waals surface area contributed by atoms with Gasteiger partial charge in [0.15, 0.2) is 0 Å². The highest BCUT2D eigenvalue weighted by atomic mass is 16.3. The number of benzene rings is 3. The molecule has 3 rings (SSSR count). The Morgan fingerprint density at radius 2 is 1.00 bits per heavy atom. The maximum atomic E-state index is 10.8. The van der Waals surface area contributed by atoms with Gasteiger partial charge in [0.2, 0.25) is 0 Å². The van der Waals surface area contributed by atoms with Crippen LogP contribution in [-0.2, 0) is 0 Å². The quantitative estimate of drug-likeness (QED) is 0.278. The van der Waals surface area contributed by atoms with E-state index in [1.807, 2.05) is 43.3 Å². The second-order valence-electron chi connectivity index (χ2n) is 6.87. The van der Waals surface area contributed by atoms with Crippen molar-refractivity contribution < 1.29 is 0 Å². The molecule has 0 saturated carbocycles. The van der Waals surface area contributed by atoms with Crippen LogP contribution in [0.4, 0.5) is 17.1 Å². The van der Waals surface area contributed by atoms with Gasteiger partial charge in [-0.2, -0.15) is 0 Å². The van der Waals surface area contributed by atoms with Gasteiger partial charge in [0.1, 0.15) is 17.1 Å². The standard InChI is InChI=1S/C25H19N3O3/c1-17(19-3-9-23(26-29)10-4-19)15-22(21-7-13-25(28-31)14-8-21)16-18(2)20-5-11-24(27-30)12-6-20/h3-16H,1H2,2H3/b18-16+,22-15+. The third kappa shape index (κ3) is 5.39. The van der Waals surface area contributed by atoms with Crippen molar-refractivity contribution in [3.05, 3.63) is 123 Å². The molecule has 0 bridgehead atoms. The van der Waals surface area contributed by atoms with Crippen LogP contribution in [-0.4, -0.2) is 0 Å². The van der Waals surface area contributed by atoms with Gasteiger partial charge in [-0.05, 0) is 98.3 Å². The maximum absolute atomic E-state index is 10.8. The van der Waals surface area contributed by atoms with Gasteiger partial charge in [-0.1, -0.05) is 49.1 Å². The van der Waals surface area contributed by atoms with E-state index in [0.29, 0.717) is 17.1 Å². The molecule has 3 aromatic carbocycles. The van der Waals surface area contributed by atoms with Crippen LogP contribution in [0.5, 0.6) is 0 Å². The summed E-state index contributed by atoms with van der Waals surface area (Å²) in [6.07, 6.45) is 3.93. The fourth-order valence-electron chi connectivity index (χ4n) is 3.03. The van der Waals surface area contributed by atoms with E-state index >= 15 is 0 Å². The van der Waals surface area contributed by atoms with E-state index in [9.17, 15) is 14.7 Å².